The Kier molecular flexibility index (Phi) is 5.06. The second kappa shape index (κ2) is 7.60. The number of rotatable bonds is 6. The highest BCUT2D eigenvalue weighted by Gasteiger charge is 2.07. The number of thiazole rings is 1. The Morgan fingerprint density at radius 1 is 1.13 bits per heavy atom. The maximum absolute atomic E-state index is 11.9. The van der Waals surface area contributed by atoms with Crippen molar-refractivity contribution in [1.82, 2.24) is 20.3 Å². The molecule has 0 aliphatic rings. The van der Waals surface area contributed by atoms with Gasteiger partial charge in [0.15, 0.2) is 0 Å². The minimum Gasteiger partial charge on any atom is -0.352 e. The average Bonchev–Trinajstić information content (AvgIpc) is 3.09. The summed E-state index contributed by atoms with van der Waals surface area (Å²) in [5.74, 6) is 0.0277. The Bertz CT molecular complexity index is 759. The van der Waals surface area contributed by atoms with Crippen LogP contribution in [0, 0.1) is 0 Å². The number of nitrogens with one attached hydrogen (secondary N) is 1. The quantitative estimate of drug-likeness (QED) is 0.757. The highest BCUT2D eigenvalue weighted by molar-refractivity contribution is 7.09. The van der Waals surface area contributed by atoms with E-state index in [-0.39, 0.29) is 5.91 Å². The van der Waals surface area contributed by atoms with Crippen molar-refractivity contribution in [3.8, 4) is 11.3 Å². The van der Waals surface area contributed by atoms with Crippen LogP contribution in [0.25, 0.3) is 11.3 Å². The van der Waals surface area contributed by atoms with Crippen molar-refractivity contribution in [2.75, 3.05) is 0 Å². The lowest BCUT2D eigenvalue weighted by Gasteiger charge is -2.04. The number of carbonyl (C=O) groups is 1. The first-order valence-electron chi connectivity index (χ1n) is 7.31. The number of carbonyl (C=O) groups excluding carboxylic acids is 1. The summed E-state index contributed by atoms with van der Waals surface area (Å²) in [5.41, 5.74) is 2.95. The third-order valence-corrected chi connectivity index (χ3v) is 4.22. The zero-order valence-corrected chi connectivity index (χ0v) is 13.3. The fraction of sp³-hybridized carbons (Fsp3) is 0.176. The molecule has 0 atom stereocenters. The van der Waals surface area contributed by atoms with E-state index in [9.17, 15) is 4.79 Å². The van der Waals surface area contributed by atoms with Gasteiger partial charge in [0.25, 0.3) is 0 Å². The minimum atomic E-state index is 0.0277. The summed E-state index contributed by atoms with van der Waals surface area (Å²) in [7, 11) is 0. The largest absolute Gasteiger partial charge is 0.352 e. The molecule has 0 spiro atoms. The van der Waals surface area contributed by atoms with Gasteiger partial charge in [-0.05, 0) is 29.8 Å². The van der Waals surface area contributed by atoms with Crippen LogP contribution in [0.2, 0.25) is 0 Å². The molecule has 0 saturated carbocycles. The standard InChI is InChI=1S/C17H16N4OS/c22-16(20-10-13-5-8-18-9-6-13)3-4-17-21-15(12-23-17)14-2-1-7-19-11-14/h1-2,5-9,11-12H,3-4,10H2,(H,20,22). The lowest BCUT2D eigenvalue weighted by molar-refractivity contribution is -0.121. The monoisotopic (exact) mass is 324 g/mol. The van der Waals surface area contributed by atoms with Gasteiger partial charge in [-0.15, -0.1) is 11.3 Å². The van der Waals surface area contributed by atoms with Gasteiger partial charge < -0.3 is 5.32 Å². The van der Waals surface area contributed by atoms with Crippen molar-refractivity contribution in [2.45, 2.75) is 19.4 Å². The molecule has 0 fully saturated rings. The molecule has 0 aromatic carbocycles. The molecule has 116 valence electrons. The highest BCUT2D eigenvalue weighted by atomic mass is 32.1. The van der Waals surface area contributed by atoms with E-state index in [1.54, 1.807) is 36.1 Å². The van der Waals surface area contributed by atoms with Gasteiger partial charge in [0.2, 0.25) is 5.91 Å². The summed E-state index contributed by atoms with van der Waals surface area (Å²) in [5, 5.41) is 5.87. The van der Waals surface area contributed by atoms with Gasteiger partial charge in [0.05, 0.1) is 10.7 Å². The van der Waals surface area contributed by atoms with E-state index in [1.165, 1.54) is 0 Å². The predicted octanol–water partition coefficient (Wildman–Crippen LogP) is 2.85. The molecule has 0 saturated heterocycles. The van der Waals surface area contributed by atoms with Crippen LogP contribution in [-0.2, 0) is 17.8 Å². The fourth-order valence-corrected chi connectivity index (χ4v) is 2.89. The fourth-order valence-electron chi connectivity index (χ4n) is 2.08. The lowest BCUT2D eigenvalue weighted by atomic mass is 10.2. The molecule has 1 amide bonds. The number of aromatic nitrogens is 3. The SMILES string of the molecule is O=C(CCc1nc(-c2cccnc2)cs1)NCc1ccncc1. The first kappa shape index (κ1) is 15.3. The summed E-state index contributed by atoms with van der Waals surface area (Å²) < 4.78 is 0. The minimum absolute atomic E-state index is 0.0277. The Balaban J connectivity index is 1.49. The lowest BCUT2D eigenvalue weighted by Crippen LogP contribution is -2.22. The van der Waals surface area contributed by atoms with Crippen LogP contribution < -0.4 is 5.32 Å². The molecule has 0 radical (unpaired) electrons. The van der Waals surface area contributed by atoms with Crippen LogP contribution in [0.4, 0.5) is 0 Å². The number of aryl methyl sites for hydroxylation is 1. The normalized spacial score (nSPS) is 10.4. The molecule has 3 aromatic heterocycles. The Hall–Kier alpha value is -2.60. The van der Waals surface area contributed by atoms with E-state index in [1.807, 2.05) is 29.6 Å². The predicted molar refractivity (Wildman–Crippen MR) is 89.7 cm³/mol. The molecule has 0 aliphatic heterocycles. The second-order valence-corrected chi connectivity index (χ2v) is 5.94. The highest BCUT2D eigenvalue weighted by Crippen LogP contribution is 2.21. The number of hydrogen-bond donors (Lipinski definition) is 1. The molecule has 0 aliphatic carbocycles. The molecule has 6 heteroatoms. The summed E-state index contributed by atoms with van der Waals surface area (Å²) in [4.78, 5) is 24.5. The number of hydrogen-bond acceptors (Lipinski definition) is 5. The molecular weight excluding hydrogens is 308 g/mol. The van der Waals surface area contributed by atoms with Crippen LogP contribution in [0.5, 0.6) is 0 Å². The van der Waals surface area contributed by atoms with Crippen LogP contribution in [0.1, 0.15) is 17.0 Å². The first-order chi connectivity index (χ1) is 11.3. The van der Waals surface area contributed by atoms with Crippen molar-refractivity contribution < 1.29 is 4.79 Å². The van der Waals surface area contributed by atoms with Crippen molar-refractivity contribution in [3.63, 3.8) is 0 Å². The third kappa shape index (κ3) is 4.43. The maximum Gasteiger partial charge on any atom is 0.220 e. The van der Waals surface area contributed by atoms with Gasteiger partial charge in [-0.3, -0.25) is 14.8 Å². The molecule has 23 heavy (non-hydrogen) atoms. The van der Waals surface area contributed by atoms with E-state index in [2.05, 4.69) is 20.3 Å². The molecule has 0 unspecified atom stereocenters. The van der Waals surface area contributed by atoms with Crippen molar-refractivity contribution in [2.24, 2.45) is 0 Å². The Morgan fingerprint density at radius 2 is 2.00 bits per heavy atom. The van der Waals surface area contributed by atoms with Crippen molar-refractivity contribution in [3.05, 3.63) is 65.0 Å². The summed E-state index contributed by atoms with van der Waals surface area (Å²) >= 11 is 1.57. The molecule has 3 heterocycles. The number of pyridine rings is 2. The van der Waals surface area contributed by atoms with Gasteiger partial charge in [0.1, 0.15) is 0 Å². The molecule has 3 rings (SSSR count). The van der Waals surface area contributed by atoms with Gasteiger partial charge in [-0.25, -0.2) is 4.98 Å². The van der Waals surface area contributed by atoms with Gasteiger partial charge in [-0.2, -0.15) is 0 Å². The number of amides is 1. The Labute approximate surface area is 138 Å². The molecular formula is C17H16N4OS. The molecule has 5 nitrogen and oxygen atoms in total. The number of nitrogens with zero attached hydrogens (tertiary/aromatic N) is 3. The molecule has 1 N–H and O–H groups in total. The van der Waals surface area contributed by atoms with Gasteiger partial charge >= 0.3 is 0 Å². The maximum atomic E-state index is 11.9. The summed E-state index contributed by atoms with van der Waals surface area (Å²) in [6.07, 6.45) is 8.05. The van der Waals surface area contributed by atoms with E-state index in [4.69, 9.17) is 0 Å². The van der Waals surface area contributed by atoms with E-state index >= 15 is 0 Å². The van der Waals surface area contributed by atoms with E-state index in [0.717, 1.165) is 21.8 Å². The van der Waals surface area contributed by atoms with Gasteiger partial charge in [-0.1, -0.05) is 0 Å². The Morgan fingerprint density at radius 3 is 2.78 bits per heavy atom. The zero-order valence-electron chi connectivity index (χ0n) is 12.5. The average molecular weight is 324 g/mol. The second-order valence-electron chi connectivity index (χ2n) is 5.00. The van der Waals surface area contributed by atoms with Crippen molar-refractivity contribution >= 4 is 17.2 Å². The van der Waals surface area contributed by atoms with Crippen molar-refractivity contribution in [1.29, 1.82) is 0 Å². The van der Waals surface area contributed by atoms with Crippen LogP contribution in [0.3, 0.4) is 0 Å². The van der Waals surface area contributed by atoms with Crippen LogP contribution >= 0.6 is 11.3 Å². The van der Waals surface area contributed by atoms with Gasteiger partial charge in [0, 0.05) is 55.1 Å². The topological polar surface area (TPSA) is 67.8 Å². The first-order valence-corrected chi connectivity index (χ1v) is 8.19. The summed E-state index contributed by atoms with van der Waals surface area (Å²) in [6.45, 7) is 0.528. The molecule has 3 aromatic rings. The van der Waals surface area contributed by atoms with Crippen LogP contribution in [0.15, 0.2) is 54.4 Å². The van der Waals surface area contributed by atoms with E-state index < -0.39 is 0 Å². The van der Waals surface area contributed by atoms with Crippen LogP contribution in [-0.4, -0.2) is 20.9 Å². The summed E-state index contributed by atoms with van der Waals surface area (Å²) in [6, 6.07) is 7.65. The zero-order chi connectivity index (χ0) is 15.9. The third-order valence-electron chi connectivity index (χ3n) is 3.31. The smallest absolute Gasteiger partial charge is 0.220 e. The van der Waals surface area contributed by atoms with E-state index in [0.29, 0.717) is 19.4 Å². The molecule has 0 bridgehead atoms.